The first-order valence-electron chi connectivity index (χ1n) is 7.84. The lowest BCUT2D eigenvalue weighted by atomic mass is 10.1. The number of hydrogen-bond donors (Lipinski definition) is 2. The molecule has 0 unspecified atom stereocenters. The lowest BCUT2D eigenvalue weighted by molar-refractivity contribution is 0.411. The standard InChI is InChI=1S/C17H21BrN2O5S2/c1-17(2,3)20-27(23,24)13-7-5-6-12(10-13)19-26(21,22)14-8-9-16(25-4)15(18)11-14/h5-11,19-20H,1-4H3. The van der Waals surface area contributed by atoms with E-state index in [1.54, 1.807) is 20.8 Å². The van der Waals surface area contributed by atoms with Crippen LogP contribution in [0.25, 0.3) is 0 Å². The molecule has 0 aliphatic carbocycles. The minimum atomic E-state index is -3.91. The van der Waals surface area contributed by atoms with Crippen LogP contribution in [0.1, 0.15) is 20.8 Å². The highest BCUT2D eigenvalue weighted by molar-refractivity contribution is 9.10. The molecule has 2 aromatic rings. The smallest absolute Gasteiger partial charge is 0.261 e. The molecule has 0 heterocycles. The summed E-state index contributed by atoms with van der Waals surface area (Å²) < 4.78 is 60.6. The van der Waals surface area contributed by atoms with Gasteiger partial charge in [-0.15, -0.1) is 0 Å². The van der Waals surface area contributed by atoms with Gasteiger partial charge in [0.25, 0.3) is 10.0 Å². The van der Waals surface area contributed by atoms with E-state index in [1.165, 1.54) is 49.6 Å². The molecule has 0 saturated carbocycles. The maximum Gasteiger partial charge on any atom is 0.261 e. The van der Waals surface area contributed by atoms with Gasteiger partial charge >= 0.3 is 0 Å². The molecular weight excluding hydrogens is 456 g/mol. The molecule has 0 saturated heterocycles. The highest BCUT2D eigenvalue weighted by Gasteiger charge is 2.23. The lowest BCUT2D eigenvalue weighted by Gasteiger charge is -2.20. The predicted molar refractivity (Wildman–Crippen MR) is 108 cm³/mol. The Labute approximate surface area is 168 Å². The molecule has 0 bridgehead atoms. The lowest BCUT2D eigenvalue weighted by Crippen LogP contribution is -2.40. The Morgan fingerprint density at radius 1 is 0.926 bits per heavy atom. The van der Waals surface area contributed by atoms with Gasteiger partial charge in [0.2, 0.25) is 10.0 Å². The summed E-state index contributed by atoms with van der Waals surface area (Å²) in [6, 6.07) is 9.94. The number of nitrogens with one attached hydrogen (secondary N) is 2. The minimum Gasteiger partial charge on any atom is -0.496 e. The van der Waals surface area contributed by atoms with E-state index in [0.717, 1.165) is 0 Å². The molecule has 148 valence electrons. The zero-order valence-electron chi connectivity index (χ0n) is 15.3. The van der Waals surface area contributed by atoms with Gasteiger partial charge in [-0.1, -0.05) is 6.07 Å². The number of anilines is 1. The summed E-state index contributed by atoms with van der Waals surface area (Å²) in [5.74, 6) is 0.496. The summed E-state index contributed by atoms with van der Waals surface area (Å²) >= 11 is 3.25. The number of ether oxygens (including phenoxy) is 1. The van der Waals surface area contributed by atoms with Gasteiger partial charge < -0.3 is 4.74 Å². The average Bonchev–Trinajstić information content (AvgIpc) is 2.52. The second-order valence-corrected chi connectivity index (χ2v) is 11.0. The van der Waals surface area contributed by atoms with Crippen LogP contribution in [0.4, 0.5) is 5.69 Å². The summed E-state index contributed by atoms with van der Waals surface area (Å²) in [4.78, 5) is -0.0233. The molecule has 0 radical (unpaired) electrons. The van der Waals surface area contributed by atoms with Crippen molar-refractivity contribution in [3.05, 3.63) is 46.9 Å². The van der Waals surface area contributed by atoms with Crippen LogP contribution in [0.2, 0.25) is 0 Å². The zero-order valence-corrected chi connectivity index (χ0v) is 18.5. The third-order valence-corrected chi connectivity index (χ3v) is 7.02. The molecular formula is C17H21BrN2O5S2. The van der Waals surface area contributed by atoms with Gasteiger partial charge in [0.15, 0.2) is 0 Å². The van der Waals surface area contributed by atoms with Crippen LogP contribution < -0.4 is 14.2 Å². The number of sulfonamides is 2. The van der Waals surface area contributed by atoms with E-state index in [-0.39, 0.29) is 15.5 Å². The Hall–Kier alpha value is -1.62. The Morgan fingerprint density at radius 2 is 1.56 bits per heavy atom. The Balaban J connectivity index is 2.34. The molecule has 2 N–H and O–H groups in total. The molecule has 2 aromatic carbocycles. The van der Waals surface area contributed by atoms with Crippen LogP contribution in [0.15, 0.2) is 56.7 Å². The molecule has 0 aliphatic rings. The van der Waals surface area contributed by atoms with Crippen LogP contribution in [0, 0.1) is 0 Å². The van der Waals surface area contributed by atoms with Gasteiger partial charge in [-0.3, -0.25) is 4.72 Å². The van der Waals surface area contributed by atoms with Gasteiger partial charge in [0.1, 0.15) is 5.75 Å². The monoisotopic (exact) mass is 476 g/mol. The largest absolute Gasteiger partial charge is 0.496 e. The fourth-order valence-electron chi connectivity index (χ4n) is 2.22. The van der Waals surface area contributed by atoms with E-state index in [2.05, 4.69) is 25.4 Å². The summed E-state index contributed by atoms with van der Waals surface area (Å²) in [6.45, 7) is 5.16. The van der Waals surface area contributed by atoms with E-state index in [1.807, 2.05) is 0 Å². The molecule has 0 aromatic heterocycles. The highest BCUT2D eigenvalue weighted by atomic mass is 79.9. The summed E-state index contributed by atoms with van der Waals surface area (Å²) in [5, 5.41) is 0. The van der Waals surface area contributed by atoms with Crippen molar-refractivity contribution in [3.8, 4) is 5.75 Å². The third kappa shape index (κ3) is 5.68. The fraction of sp³-hybridized carbons (Fsp3) is 0.294. The summed E-state index contributed by atoms with van der Waals surface area (Å²) in [6.07, 6.45) is 0. The molecule has 0 aliphatic heterocycles. The van der Waals surface area contributed by atoms with Gasteiger partial charge in [-0.2, -0.15) is 0 Å². The fourth-order valence-corrected chi connectivity index (χ4v) is 5.45. The maximum atomic E-state index is 12.6. The molecule has 0 atom stereocenters. The number of halogens is 1. The van der Waals surface area contributed by atoms with Crippen molar-refractivity contribution in [2.45, 2.75) is 36.1 Å². The normalized spacial score (nSPS) is 12.6. The van der Waals surface area contributed by atoms with E-state index >= 15 is 0 Å². The molecule has 0 spiro atoms. The minimum absolute atomic E-state index is 0.0104. The van der Waals surface area contributed by atoms with Gasteiger partial charge in [0.05, 0.1) is 27.1 Å². The van der Waals surface area contributed by atoms with E-state index < -0.39 is 25.6 Å². The van der Waals surface area contributed by atoms with E-state index in [9.17, 15) is 16.8 Å². The molecule has 7 nitrogen and oxygen atoms in total. The van der Waals surface area contributed by atoms with Crippen LogP contribution >= 0.6 is 15.9 Å². The number of benzene rings is 2. The van der Waals surface area contributed by atoms with Crippen molar-refractivity contribution in [1.29, 1.82) is 0 Å². The average molecular weight is 477 g/mol. The van der Waals surface area contributed by atoms with Crippen LogP contribution in [-0.4, -0.2) is 29.5 Å². The number of methoxy groups -OCH3 is 1. The van der Waals surface area contributed by atoms with Crippen molar-refractivity contribution in [3.63, 3.8) is 0 Å². The van der Waals surface area contributed by atoms with Crippen molar-refractivity contribution >= 4 is 41.7 Å². The highest BCUT2D eigenvalue weighted by Crippen LogP contribution is 2.28. The number of hydrogen-bond acceptors (Lipinski definition) is 5. The third-order valence-electron chi connectivity index (χ3n) is 3.27. The molecule has 0 fully saturated rings. The van der Waals surface area contributed by atoms with Crippen molar-refractivity contribution in [1.82, 2.24) is 4.72 Å². The second-order valence-electron chi connectivity index (χ2n) is 6.79. The van der Waals surface area contributed by atoms with Gasteiger partial charge in [-0.25, -0.2) is 21.6 Å². The molecule has 27 heavy (non-hydrogen) atoms. The Kier molecular flexibility index (Phi) is 6.25. The van der Waals surface area contributed by atoms with Crippen LogP contribution in [0.5, 0.6) is 5.75 Å². The van der Waals surface area contributed by atoms with Crippen LogP contribution in [0.3, 0.4) is 0 Å². The predicted octanol–water partition coefficient (Wildman–Crippen LogP) is 3.34. The van der Waals surface area contributed by atoms with Crippen molar-refractivity contribution in [2.24, 2.45) is 0 Å². The topological polar surface area (TPSA) is 102 Å². The van der Waals surface area contributed by atoms with Gasteiger partial charge in [0, 0.05) is 5.54 Å². The Morgan fingerprint density at radius 3 is 2.11 bits per heavy atom. The molecule has 2 rings (SSSR count). The SMILES string of the molecule is COc1ccc(S(=O)(=O)Nc2cccc(S(=O)(=O)NC(C)(C)C)c2)cc1Br. The van der Waals surface area contributed by atoms with E-state index in [4.69, 9.17) is 4.74 Å². The van der Waals surface area contributed by atoms with Crippen LogP contribution in [-0.2, 0) is 20.0 Å². The zero-order chi connectivity index (χ0) is 20.5. The van der Waals surface area contributed by atoms with Crippen molar-refractivity contribution in [2.75, 3.05) is 11.8 Å². The molecule has 0 amide bonds. The summed E-state index contributed by atoms with van der Waals surface area (Å²) in [7, 11) is -6.22. The van der Waals surface area contributed by atoms with Crippen molar-refractivity contribution < 1.29 is 21.6 Å². The Bertz CT molecular complexity index is 1050. The van der Waals surface area contributed by atoms with Gasteiger partial charge in [-0.05, 0) is 73.1 Å². The first-order valence-corrected chi connectivity index (χ1v) is 11.6. The first kappa shape index (κ1) is 21.7. The quantitative estimate of drug-likeness (QED) is 0.665. The number of rotatable bonds is 6. The van der Waals surface area contributed by atoms with E-state index in [0.29, 0.717) is 10.2 Å². The summed E-state index contributed by atoms with van der Waals surface area (Å²) in [5.41, 5.74) is -0.525. The maximum absolute atomic E-state index is 12.6. The second kappa shape index (κ2) is 7.78. The molecule has 10 heteroatoms. The first-order chi connectivity index (χ1) is 12.3.